The average Bonchev–Trinajstić information content (AvgIpc) is 2.69. The lowest BCUT2D eigenvalue weighted by Gasteiger charge is -2.43. The number of hydrogen-bond donors (Lipinski definition) is 1. The van der Waals surface area contributed by atoms with Gasteiger partial charge in [0.05, 0.1) is 24.4 Å². The normalized spacial score (nSPS) is 25.8. The van der Waals surface area contributed by atoms with Gasteiger partial charge in [-0.05, 0) is 37.8 Å². The van der Waals surface area contributed by atoms with Crippen LogP contribution in [0.1, 0.15) is 36.0 Å². The minimum absolute atomic E-state index is 0.0475. The largest absolute Gasteiger partial charge is 0.381 e. The van der Waals surface area contributed by atoms with Gasteiger partial charge in [-0.1, -0.05) is 0 Å². The number of amides is 1. The first-order valence-corrected chi connectivity index (χ1v) is 9.56. The van der Waals surface area contributed by atoms with Gasteiger partial charge >= 0.3 is 0 Å². The molecule has 1 aromatic heterocycles. The molecular formula is C19H27N3O4. The molecule has 4 rings (SSSR count). The van der Waals surface area contributed by atoms with E-state index in [1.54, 1.807) is 6.20 Å². The zero-order valence-corrected chi connectivity index (χ0v) is 15.1. The van der Waals surface area contributed by atoms with Gasteiger partial charge in [0, 0.05) is 45.1 Å². The number of morpholine rings is 1. The van der Waals surface area contributed by atoms with Crippen LogP contribution in [0.25, 0.3) is 0 Å². The molecule has 1 spiro atoms. The highest BCUT2D eigenvalue weighted by Crippen LogP contribution is 2.34. The lowest BCUT2D eigenvalue weighted by Crippen LogP contribution is -2.51. The number of nitrogens with zero attached hydrogens (tertiary/aromatic N) is 2. The van der Waals surface area contributed by atoms with E-state index in [-0.39, 0.29) is 17.6 Å². The summed E-state index contributed by atoms with van der Waals surface area (Å²) in [6, 6.07) is 3.81. The molecule has 26 heavy (non-hydrogen) atoms. The van der Waals surface area contributed by atoms with E-state index in [4.69, 9.17) is 14.2 Å². The molecule has 0 aromatic carbocycles. The second-order valence-electron chi connectivity index (χ2n) is 7.28. The summed E-state index contributed by atoms with van der Waals surface area (Å²) in [5, 5.41) is 3.23. The Labute approximate surface area is 154 Å². The number of aromatic nitrogens is 1. The number of pyridine rings is 1. The highest BCUT2D eigenvalue weighted by Gasteiger charge is 2.39. The van der Waals surface area contributed by atoms with E-state index in [1.165, 1.54) is 0 Å². The lowest BCUT2D eigenvalue weighted by molar-refractivity contribution is -0.139. The summed E-state index contributed by atoms with van der Waals surface area (Å²) in [5.41, 5.74) is 0.512. The fourth-order valence-corrected chi connectivity index (χ4v) is 4.11. The van der Waals surface area contributed by atoms with E-state index in [0.717, 1.165) is 57.8 Å². The van der Waals surface area contributed by atoms with Gasteiger partial charge in [0.25, 0.3) is 5.91 Å². The van der Waals surface area contributed by atoms with Crippen LogP contribution < -0.4 is 10.2 Å². The number of anilines is 1. The minimum Gasteiger partial charge on any atom is -0.381 e. The Kier molecular flexibility index (Phi) is 5.38. The van der Waals surface area contributed by atoms with Crippen molar-refractivity contribution in [1.82, 2.24) is 10.3 Å². The molecule has 1 unspecified atom stereocenters. The zero-order valence-electron chi connectivity index (χ0n) is 15.1. The van der Waals surface area contributed by atoms with Crippen molar-refractivity contribution in [2.45, 2.75) is 37.3 Å². The van der Waals surface area contributed by atoms with Gasteiger partial charge in [0.15, 0.2) is 0 Å². The van der Waals surface area contributed by atoms with Crippen molar-refractivity contribution in [2.75, 3.05) is 51.0 Å². The van der Waals surface area contributed by atoms with Gasteiger partial charge in [-0.3, -0.25) is 4.79 Å². The van der Waals surface area contributed by atoms with Gasteiger partial charge in [0.2, 0.25) is 0 Å². The fraction of sp³-hybridized carbons (Fsp3) is 0.684. The number of carbonyl (C=O) groups is 1. The van der Waals surface area contributed by atoms with Gasteiger partial charge in [-0.2, -0.15) is 0 Å². The highest BCUT2D eigenvalue weighted by atomic mass is 16.5. The van der Waals surface area contributed by atoms with Gasteiger partial charge in [-0.25, -0.2) is 4.98 Å². The average molecular weight is 361 g/mol. The van der Waals surface area contributed by atoms with Crippen LogP contribution in [-0.2, 0) is 14.2 Å². The van der Waals surface area contributed by atoms with Crippen molar-refractivity contribution >= 4 is 11.7 Å². The predicted octanol–water partition coefficient (Wildman–Crippen LogP) is 1.38. The summed E-state index contributed by atoms with van der Waals surface area (Å²) in [4.78, 5) is 19.6. The molecule has 4 heterocycles. The zero-order chi connectivity index (χ0) is 17.8. The fourth-order valence-electron chi connectivity index (χ4n) is 4.11. The topological polar surface area (TPSA) is 72.9 Å². The molecule has 1 N–H and O–H groups in total. The summed E-state index contributed by atoms with van der Waals surface area (Å²) >= 11 is 0. The third-order valence-corrected chi connectivity index (χ3v) is 5.57. The molecule has 0 radical (unpaired) electrons. The standard InChI is InChI=1S/C19H27N3O4/c23-18(16-2-1-6-20-17(16)22-7-12-25-13-8-22)21-15-3-9-26-19(14-15)4-10-24-11-5-19/h1-2,6,15H,3-5,7-14H2,(H,21,23). The van der Waals surface area contributed by atoms with Gasteiger partial charge in [0.1, 0.15) is 5.82 Å². The summed E-state index contributed by atoms with van der Waals surface area (Å²) in [6.07, 6.45) is 5.26. The maximum absolute atomic E-state index is 13.0. The Morgan fingerprint density at radius 2 is 1.92 bits per heavy atom. The van der Waals surface area contributed by atoms with Crippen molar-refractivity contribution < 1.29 is 19.0 Å². The van der Waals surface area contributed by atoms with E-state index < -0.39 is 0 Å². The molecule has 3 aliphatic heterocycles. The van der Waals surface area contributed by atoms with Crippen LogP contribution in [0.5, 0.6) is 0 Å². The van der Waals surface area contributed by atoms with E-state index in [2.05, 4.69) is 15.2 Å². The van der Waals surface area contributed by atoms with Crippen molar-refractivity contribution in [3.63, 3.8) is 0 Å². The minimum atomic E-state index is -0.129. The smallest absolute Gasteiger partial charge is 0.255 e. The quantitative estimate of drug-likeness (QED) is 0.877. The first kappa shape index (κ1) is 17.7. The first-order valence-electron chi connectivity index (χ1n) is 9.56. The molecular weight excluding hydrogens is 334 g/mol. The predicted molar refractivity (Wildman–Crippen MR) is 96.5 cm³/mol. The molecule has 7 heteroatoms. The number of ether oxygens (including phenoxy) is 3. The Hall–Kier alpha value is -1.70. The van der Waals surface area contributed by atoms with E-state index in [0.29, 0.717) is 25.4 Å². The van der Waals surface area contributed by atoms with Gasteiger partial charge in [-0.15, -0.1) is 0 Å². The van der Waals surface area contributed by atoms with Gasteiger partial charge < -0.3 is 24.4 Å². The molecule has 1 atom stereocenters. The third kappa shape index (κ3) is 3.84. The van der Waals surface area contributed by atoms with E-state index in [1.807, 2.05) is 12.1 Å². The van der Waals surface area contributed by atoms with Crippen molar-refractivity contribution in [3.05, 3.63) is 23.9 Å². The molecule has 3 fully saturated rings. The second-order valence-corrected chi connectivity index (χ2v) is 7.28. The van der Waals surface area contributed by atoms with Crippen molar-refractivity contribution in [2.24, 2.45) is 0 Å². The second kappa shape index (κ2) is 7.90. The highest BCUT2D eigenvalue weighted by molar-refractivity contribution is 5.99. The summed E-state index contributed by atoms with van der Waals surface area (Å²) in [5.74, 6) is 0.704. The SMILES string of the molecule is O=C(NC1CCOC2(CCOCC2)C1)c1cccnc1N1CCOCC1. The maximum Gasteiger partial charge on any atom is 0.255 e. The Morgan fingerprint density at radius 1 is 1.15 bits per heavy atom. The summed E-state index contributed by atoms with van der Waals surface area (Å²) in [6.45, 7) is 5.03. The van der Waals surface area contributed by atoms with Crippen LogP contribution in [0.2, 0.25) is 0 Å². The van der Waals surface area contributed by atoms with Crippen LogP contribution in [0, 0.1) is 0 Å². The van der Waals surface area contributed by atoms with Crippen LogP contribution in [0.15, 0.2) is 18.3 Å². The molecule has 0 aliphatic carbocycles. The molecule has 3 aliphatic rings. The van der Waals surface area contributed by atoms with Crippen LogP contribution in [0.3, 0.4) is 0 Å². The number of carbonyl (C=O) groups excluding carboxylic acids is 1. The molecule has 7 nitrogen and oxygen atoms in total. The van der Waals surface area contributed by atoms with Crippen molar-refractivity contribution in [1.29, 1.82) is 0 Å². The Balaban J connectivity index is 1.45. The monoisotopic (exact) mass is 361 g/mol. The molecule has 1 aromatic rings. The van der Waals surface area contributed by atoms with Crippen LogP contribution in [0.4, 0.5) is 5.82 Å². The van der Waals surface area contributed by atoms with E-state index >= 15 is 0 Å². The Bertz CT molecular complexity index is 621. The molecule has 142 valence electrons. The molecule has 3 saturated heterocycles. The maximum atomic E-state index is 13.0. The van der Waals surface area contributed by atoms with Crippen LogP contribution in [-0.4, -0.2) is 68.7 Å². The molecule has 0 bridgehead atoms. The van der Waals surface area contributed by atoms with E-state index in [9.17, 15) is 4.79 Å². The number of rotatable bonds is 3. The summed E-state index contributed by atoms with van der Waals surface area (Å²) < 4.78 is 17.0. The molecule has 1 amide bonds. The number of nitrogens with one attached hydrogen (secondary N) is 1. The van der Waals surface area contributed by atoms with Crippen LogP contribution >= 0.6 is 0 Å². The Morgan fingerprint density at radius 3 is 2.73 bits per heavy atom. The molecule has 0 saturated carbocycles. The third-order valence-electron chi connectivity index (χ3n) is 5.57. The number of hydrogen-bond acceptors (Lipinski definition) is 6. The van der Waals surface area contributed by atoms with Crippen molar-refractivity contribution in [3.8, 4) is 0 Å². The first-order chi connectivity index (χ1) is 12.8. The lowest BCUT2D eigenvalue weighted by atomic mass is 9.84. The summed E-state index contributed by atoms with van der Waals surface area (Å²) in [7, 11) is 0.